The molecular formula is C16H19NO4S2. The smallest absolute Gasteiger partial charge is 0.303 e. The lowest BCUT2D eigenvalue weighted by Crippen LogP contribution is -2.25. The van der Waals surface area contributed by atoms with E-state index >= 15 is 0 Å². The SMILES string of the molecule is O=C(O)CCc1cc(CCCNS(=O)(=O)c2ccccc2)cs1. The van der Waals surface area contributed by atoms with Crippen molar-refractivity contribution in [1.82, 2.24) is 4.72 Å². The van der Waals surface area contributed by atoms with E-state index in [0.29, 0.717) is 19.4 Å². The number of hydrogen-bond donors (Lipinski definition) is 2. The summed E-state index contributed by atoms with van der Waals surface area (Å²) in [5.41, 5.74) is 1.12. The predicted octanol–water partition coefficient (Wildman–Crippen LogP) is 2.68. The molecule has 1 heterocycles. The molecule has 5 nitrogen and oxygen atoms in total. The van der Waals surface area contributed by atoms with Gasteiger partial charge >= 0.3 is 5.97 Å². The van der Waals surface area contributed by atoms with Gasteiger partial charge in [-0.25, -0.2) is 13.1 Å². The molecule has 0 fully saturated rings. The number of nitrogens with one attached hydrogen (secondary N) is 1. The Labute approximate surface area is 140 Å². The Balaban J connectivity index is 1.76. The zero-order valence-electron chi connectivity index (χ0n) is 12.6. The number of benzene rings is 1. The van der Waals surface area contributed by atoms with Crippen molar-refractivity contribution in [2.45, 2.75) is 30.6 Å². The van der Waals surface area contributed by atoms with Crippen molar-refractivity contribution in [3.63, 3.8) is 0 Å². The first-order valence-electron chi connectivity index (χ1n) is 7.30. The summed E-state index contributed by atoms with van der Waals surface area (Å²) in [4.78, 5) is 11.9. The second kappa shape index (κ2) is 8.24. The lowest BCUT2D eigenvalue weighted by molar-refractivity contribution is -0.136. The molecule has 0 spiro atoms. The third-order valence-electron chi connectivity index (χ3n) is 3.28. The highest BCUT2D eigenvalue weighted by atomic mass is 32.2. The molecule has 2 aromatic rings. The summed E-state index contributed by atoms with van der Waals surface area (Å²) in [6, 6.07) is 10.3. The molecule has 0 atom stereocenters. The molecule has 7 heteroatoms. The van der Waals surface area contributed by atoms with Gasteiger partial charge in [0.25, 0.3) is 0 Å². The molecular weight excluding hydrogens is 334 g/mol. The van der Waals surface area contributed by atoms with E-state index in [1.165, 1.54) is 0 Å². The van der Waals surface area contributed by atoms with E-state index in [2.05, 4.69) is 4.72 Å². The number of carboxylic acids is 1. The van der Waals surface area contributed by atoms with Crippen molar-refractivity contribution in [3.8, 4) is 0 Å². The first kappa shape index (κ1) is 17.7. The standard InChI is InChI=1S/C16H19NO4S2/c18-16(19)9-8-14-11-13(12-22-14)5-4-10-17-23(20,21)15-6-2-1-3-7-15/h1-3,6-7,11-12,17H,4-5,8-10H2,(H,18,19). The van der Waals surface area contributed by atoms with Crippen LogP contribution in [0, 0.1) is 0 Å². The number of aliphatic carboxylic acids is 1. The fourth-order valence-electron chi connectivity index (χ4n) is 2.10. The van der Waals surface area contributed by atoms with Gasteiger partial charge < -0.3 is 5.11 Å². The molecule has 0 aliphatic carbocycles. The molecule has 1 aromatic heterocycles. The molecule has 0 aliphatic rings. The fraction of sp³-hybridized carbons (Fsp3) is 0.312. The molecule has 23 heavy (non-hydrogen) atoms. The van der Waals surface area contributed by atoms with Crippen LogP contribution in [0.4, 0.5) is 0 Å². The van der Waals surface area contributed by atoms with E-state index in [9.17, 15) is 13.2 Å². The van der Waals surface area contributed by atoms with Gasteiger partial charge in [-0.2, -0.15) is 0 Å². The lowest BCUT2D eigenvalue weighted by atomic mass is 10.1. The molecule has 0 radical (unpaired) electrons. The van der Waals surface area contributed by atoms with Crippen LogP contribution in [0.5, 0.6) is 0 Å². The fourth-order valence-corrected chi connectivity index (χ4v) is 4.12. The second-order valence-corrected chi connectivity index (χ2v) is 7.89. The molecule has 2 rings (SSSR count). The Morgan fingerprint density at radius 3 is 2.61 bits per heavy atom. The van der Waals surface area contributed by atoms with Crippen molar-refractivity contribution in [1.29, 1.82) is 0 Å². The van der Waals surface area contributed by atoms with Crippen molar-refractivity contribution in [2.24, 2.45) is 0 Å². The molecule has 0 aliphatic heterocycles. The van der Waals surface area contributed by atoms with Gasteiger partial charge in [-0.3, -0.25) is 4.79 Å². The number of sulfonamides is 1. The summed E-state index contributed by atoms with van der Waals surface area (Å²) in [5.74, 6) is -0.796. The monoisotopic (exact) mass is 353 g/mol. The summed E-state index contributed by atoms with van der Waals surface area (Å²) in [7, 11) is -3.44. The van der Waals surface area contributed by atoms with Crippen LogP contribution in [-0.4, -0.2) is 26.0 Å². The van der Waals surface area contributed by atoms with Crippen LogP contribution in [-0.2, 0) is 27.7 Å². The normalized spacial score (nSPS) is 11.5. The molecule has 124 valence electrons. The average molecular weight is 353 g/mol. The summed E-state index contributed by atoms with van der Waals surface area (Å²) in [6.45, 7) is 0.373. The van der Waals surface area contributed by atoms with Gasteiger partial charge in [-0.05, 0) is 48.4 Å². The van der Waals surface area contributed by atoms with Gasteiger partial charge in [0.05, 0.1) is 11.3 Å². The van der Waals surface area contributed by atoms with Crippen molar-refractivity contribution in [3.05, 3.63) is 52.2 Å². The summed E-state index contributed by atoms with van der Waals surface area (Å²) in [6.07, 6.45) is 2.14. The first-order chi connectivity index (χ1) is 11.0. The van der Waals surface area contributed by atoms with E-state index in [0.717, 1.165) is 16.9 Å². The first-order valence-corrected chi connectivity index (χ1v) is 9.66. The Kier molecular flexibility index (Phi) is 6.32. The van der Waals surface area contributed by atoms with Crippen molar-refractivity contribution < 1.29 is 18.3 Å². The van der Waals surface area contributed by atoms with Gasteiger partial charge in [-0.15, -0.1) is 11.3 Å². The van der Waals surface area contributed by atoms with Crippen LogP contribution in [0.3, 0.4) is 0 Å². The van der Waals surface area contributed by atoms with E-state index in [1.54, 1.807) is 41.7 Å². The van der Waals surface area contributed by atoms with E-state index < -0.39 is 16.0 Å². The highest BCUT2D eigenvalue weighted by molar-refractivity contribution is 7.89. The minimum Gasteiger partial charge on any atom is -0.481 e. The van der Waals surface area contributed by atoms with Gasteiger partial charge in [0, 0.05) is 11.4 Å². The van der Waals surface area contributed by atoms with Crippen molar-refractivity contribution in [2.75, 3.05) is 6.54 Å². The quantitative estimate of drug-likeness (QED) is 0.679. The Bertz CT molecular complexity index is 738. The number of thiophene rings is 1. The van der Waals surface area contributed by atoms with Crippen LogP contribution in [0.15, 0.2) is 46.7 Å². The number of carboxylic acid groups (broad SMARTS) is 1. The van der Waals surface area contributed by atoms with Gasteiger partial charge in [0.2, 0.25) is 10.0 Å². The summed E-state index contributed by atoms with van der Waals surface area (Å²) in [5, 5.41) is 10.7. The topological polar surface area (TPSA) is 83.5 Å². The Morgan fingerprint density at radius 2 is 1.91 bits per heavy atom. The van der Waals surface area contributed by atoms with E-state index in [4.69, 9.17) is 5.11 Å². The minimum absolute atomic E-state index is 0.136. The third kappa shape index (κ3) is 5.78. The van der Waals surface area contributed by atoms with Crippen LogP contribution in [0.25, 0.3) is 0 Å². The maximum atomic E-state index is 12.0. The Hall–Kier alpha value is -1.70. The molecule has 0 bridgehead atoms. The number of hydrogen-bond acceptors (Lipinski definition) is 4. The van der Waals surface area contributed by atoms with Crippen LogP contribution in [0.2, 0.25) is 0 Å². The zero-order valence-corrected chi connectivity index (χ0v) is 14.2. The second-order valence-electron chi connectivity index (χ2n) is 5.13. The molecule has 1 aromatic carbocycles. The lowest BCUT2D eigenvalue weighted by Gasteiger charge is -2.06. The van der Waals surface area contributed by atoms with E-state index in [1.807, 2.05) is 11.4 Å². The van der Waals surface area contributed by atoms with Crippen LogP contribution in [0.1, 0.15) is 23.3 Å². The molecule has 2 N–H and O–H groups in total. The maximum absolute atomic E-state index is 12.0. The number of carbonyl (C=O) groups is 1. The van der Waals surface area contributed by atoms with Crippen LogP contribution >= 0.6 is 11.3 Å². The highest BCUT2D eigenvalue weighted by Crippen LogP contribution is 2.18. The highest BCUT2D eigenvalue weighted by Gasteiger charge is 2.12. The largest absolute Gasteiger partial charge is 0.481 e. The van der Waals surface area contributed by atoms with Gasteiger partial charge in [0.15, 0.2) is 0 Å². The maximum Gasteiger partial charge on any atom is 0.303 e. The minimum atomic E-state index is -3.44. The molecule has 0 amide bonds. The average Bonchev–Trinajstić information content (AvgIpc) is 2.98. The van der Waals surface area contributed by atoms with Crippen LogP contribution < -0.4 is 4.72 Å². The molecule has 0 saturated heterocycles. The third-order valence-corrected chi connectivity index (χ3v) is 5.80. The molecule has 0 unspecified atom stereocenters. The summed E-state index contributed by atoms with van der Waals surface area (Å²) >= 11 is 1.55. The Morgan fingerprint density at radius 1 is 1.17 bits per heavy atom. The summed E-state index contributed by atoms with van der Waals surface area (Å²) < 4.78 is 26.7. The zero-order chi connectivity index (χ0) is 16.7. The number of rotatable bonds is 9. The van der Waals surface area contributed by atoms with Crippen molar-refractivity contribution >= 4 is 27.3 Å². The van der Waals surface area contributed by atoms with Gasteiger partial charge in [-0.1, -0.05) is 18.2 Å². The predicted molar refractivity (Wildman–Crippen MR) is 90.2 cm³/mol. The van der Waals surface area contributed by atoms with Gasteiger partial charge in [0.1, 0.15) is 0 Å². The number of aryl methyl sites for hydroxylation is 2. The van der Waals surface area contributed by atoms with E-state index in [-0.39, 0.29) is 11.3 Å². The molecule has 0 saturated carbocycles.